The summed E-state index contributed by atoms with van der Waals surface area (Å²) in [4.78, 5) is 14.7. The van der Waals surface area contributed by atoms with Gasteiger partial charge in [-0.3, -0.25) is 9.69 Å². The number of rotatable bonds is 4. The first-order valence-electron chi connectivity index (χ1n) is 8.91. The first-order valence-corrected chi connectivity index (χ1v) is 10.1. The number of amides is 1. The van der Waals surface area contributed by atoms with Crippen LogP contribution in [-0.2, 0) is 4.79 Å². The number of halogens is 2. The third kappa shape index (κ3) is 3.63. The van der Waals surface area contributed by atoms with Crippen LogP contribution in [0.15, 0.2) is 83.0 Å². The van der Waals surface area contributed by atoms with E-state index in [1.54, 1.807) is 36.3 Å². The van der Waals surface area contributed by atoms with E-state index in [0.717, 1.165) is 15.6 Å². The largest absolute Gasteiger partial charge is 0.503 e. The highest BCUT2D eigenvalue weighted by atomic mass is 79.9. The number of methoxy groups -OCH3 is 1. The Balaban J connectivity index is 1.87. The first kappa shape index (κ1) is 19.6. The Labute approximate surface area is 182 Å². The van der Waals surface area contributed by atoms with Gasteiger partial charge in [0.2, 0.25) is 0 Å². The molecule has 146 valence electrons. The lowest BCUT2D eigenvalue weighted by Crippen LogP contribution is -2.30. The van der Waals surface area contributed by atoms with E-state index in [2.05, 4.69) is 15.9 Å². The lowest BCUT2D eigenvalue weighted by Gasteiger charge is -2.27. The van der Waals surface area contributed by atoms with Crippen molar-refractivity contribution in [3.63, 3.8) is 0 Å². The van der Waals surface area contributed by atoms with E-state index in [1.165, 1.54) is 0 Å². The van der Waals surface area contributed by atoms with Gasteiger partial charge >= 0.3 is 0 Å². The summed E-state index contributed by atoms with van der Waals surface area (Å²) >= 11 is 9.49. The Morgan fingerprint density at radius 2 is 1.59 bits per heavy atom. The van der Waals surface area contributed by atoms with E-state index < -0.39 is 11.9 Å². The van der Waals surface area contributed by atoms with Crippen molar-refractivity contribution in [2.24, 2.45) is 0 Å². The van der Waals surface area contributed by atoms with Crippen LogP contribution in [0.2, 0.25) is 5.02 Å². The number of ether oxygens (including phenoxy) is 1. The van der Waals surface area contributed by atoms with Gasteiger partial charge in [-0.15, -0.1) is 0 Å². The van der Waals surface area contributed by atoms with Gasteiger partial charge in [-0.05, 0) is 59.7 Å². The summed E-state index contributed by atoms with van der Waals surface area (Å²) in [6.45, 7) is 0. The van der Waals surface area contributed by atoms with E-state index in [0.29, 0.717) is 22.0 Å². The van der Waals surface area contributed by atoms with Crippen molar-refractivity contribution in [2.45, 2.75) is 6.04 Å². The molecule has 1 aliphatic heterocycles. The normalized spacial score (nSPS) is 16.4. The minimum Gasteiger partial charge on any atom is -0.503 e. The van der Waals surface area contributed by atoms with Crippen LogP contribution in [0.4, 0.5) is 5.69 Å². The van der Waals surface area contributed by atoms with Crippen molar-refractivity contribution in [1.82, 2.24) is 0 Å². The number of aliphatic hydroxyl groups excluding tert-OH is 1. The number of aliphatic hydroxyl groups is 1. The van der Waals surface area contributed by atoms with Crippen LogP contribution in [0, 0.1) is 0 Å². The third-order valence-electron chi connectivity index (χ3n) is 4.90. The molecule has 3 aromatic carbocycles. The molecular weight excluding hydrogens is 454 g/mol. The lowest BCUT2D eigenvalue weighted by atomic mass is 9.93. The average Bonchev–Trinajstić information content (AvgIpc) is 3.00. The number of hydrogen-bond donors (Lipinski definition) is 1. The quantitative estimate of drug-likeness (QED) is 0.496. The Morgan fingerprint density at radius 3 is 2.17 bits per heavy atom. The van der Waals surface area contributed by atoms with Gasteiger partial charge in [-0.1, -0.05) is 51.8 Å². The van der Waals surface area contributed by atoms with Crippen molar-refractivity contribution in [3.8, 4) is 5.75 Å². The zero-order valence-electron chi connectivity index (χ0n) is 15.5. The number of benzene rings is 3. The summed E-state index contributed by atoms with van der Waals surface area (Å²) in [5.41, 5.74) is 2.83. The van der Waals surface area contributed by atoms with E-state index >= 15 is 0 Å². The Bertz CT molecular complexity index is 1080. The van der Waals surface area contributed by atoms with Gasteiger partial charge < -0.3 is 9.84 Å². The molecule has 1 aliphatic rings. The second-order valence-electron chi connectivity index (χ2n) is 6.60. The number of nitrogens with zero attached hydrogens (tertiary/aromatic N) is 1. The SMILES string of the molecule is COc1ccc(C2=C(O)C(=O)N(c3ccc(Br)cc3)C2c2ccc(Cl)cc2)cc1. The Hall–Kier alpha value is -2.76. The van der Waals surface area contributed by atoms with Crippen LogP contribution in [0.1, 0.15) is 17.2 Å². The second-order valence-corrected chi connectivity index (χ2v) is 7.95. The highest BCUT2D eigenvalue weighted by Gasteiger charge is 2.41. The second kappa shape index (κ2) is 7.93. The van der Waals surface area contributed by atoms with Crippen molar-refractivity contribution in [2.75, 3.05) is 12.0 Å². The monoisotopic (exact) mass is 469 g/mol. The third-order valence-corrected chi connectivity index (χ3v) is 5.68. The predicted octanol–water partition coefficient (Wildman–Crippen LogP) is 6.17. The Morgan fingerprint density at radius 1 is 0.966 bits per heavy atom. The molecule has 0 fully saturated rings. The molecule has 0 aliphatic carbocycles. The fraction of sp³-hybridized carbons (Fsp3) is 0.0870. The maximum absolute atomic E-state index is 13.1. The topological polar surface area (TPSA) is 49.8 Å². The molecule has 1 atom stereocenters. The number of carbonyl (C=O) groups is 1. The number of hydrogen-bond acceptors (Lipinski definition) is 3. The summed E-state index contributed by atoms with van der Waals surface area (Å²) in [5.74, 6) is -0.0119. The molecule has 1 amide bonds. The number of carbonyl (C=O) groups excluding carboxylic acids is 1. The zero-order valence-corrected chi connectivity index (χ0v) is 17.8. The van der Waals surface area contributed by atoms with Crippen LogP contribution in [-0.4, -0.2) is 18.1 Å². The fourth-order valence-electron chi connectivity index (χ4n) is 3.50. The summed E-state index contributed by atoms with van der Waals surface area (Å²) in [5, 5.41) is 11.4. The van der Waals surface area contributed by atoms with Crippen molar-refractivity contribution in [3.05, 3.63) is 99.2 Å². The molecule has 0 radical (unpaired) electrons. The smallest absolute Gasteiger partial charge is 0.294 e. The highest BCUT2D eigenvalue weighted by molar-refractivity contribution is 9.10. The van der Waals surface area contributed by atoms with Gasteiger partial charge in [0.1, 0.15) is 5.75 Å². The van der Waals surface area contributed by atoms with E-state index in [-0.39, 0.29) is 5.76 Å². The van der Waals surface area contributed by atoms with Gasteiger partial charge in [0.15, 0.2) is 5.76 Å². The molecule has 1 heterocycles. The number of anilines is 1. The van der Waals surface area contributed by atoms with Crippen LogP contribution in [0.5, 0.6) is 5.75 Å². The summed E-state index contributed by atoms with van der Waals surface area (Å²) in [6, 6.07) is 21.5. The van der Waals surface area contributed by atoms with Gasteiger partial charge in [0.25, 0.3) is 5.91 Å². The molecule has 0 spiro atoms. The molecule has 29 heavy (non-hydrogen) atoms. The minimum absolute atomic E-state index is 0.266. The molecule has 4 rings (SSSR count). The van der Waals surface area contributed by atoms with Crippen molar-refractivity contribution >= 4 is 44.7 Å². The fourth-order valence-corrected chi connectivity index (χ4v) is 3.89. The summed E-state index contributed by atoms with van der Waals surface area (Å²) in [6.07, 6.45) is 0. The summed E-state index contributed by atoms with van der Waals surface area (Å²) < 4.78 is 6.14. The molecule has 4 nitrogen and oxygen atoms in total. The molecule has 1 unspecified atom stereocenters. The molecule has 1 N–H and O–H groups in total. The van der Waals surface area contributed by atoms with Gasteiger partial charge in [0, 0.05) is 20.8 Å². The van der Waals surface area contributed by atoms with E-state index in [4.69, 9.17) is 16.3 Å². The van der Waals surface area contributed by atoms with Crippen molar-refractivity contribution in [1.29, 1.82) is 0 Å². The summed E-state index contributed by atoms with van der Waals surface area (Å²) in [7, 11) is 1.59. The molecular formula is C23H17BrClNO3. The average molecular weight is 471 g/mol. The molecule has 6 heteroatoms. The van der Waals surface area contributed by atoms with Gasteiger partial charge in [-0.25, -0.2) is 0 Å². The molecule has 0 aromatic heterocycles. The van der Waals surface area contributed by atoms with Gasteiger partial charge in [-0.2, -0.15) is 0 Å². The maximum Gasteiger partial charge on any atom is 0.294 e. The molecule has 0 saturated carbocycles. The lowest BCUT2D eigenvalue weighted by molar-refractivity contribution is -0.117. The van der Waals surface area contributed by atoms with E-state index in [1.807, 2.05) is 48.5 Å². The van der Waals surface area contributed by atoms with Gasteiger partial charge in [0.05, 0.1) is 13.2 Å². The molecule has 0 saturated heterocycles. The van der Waals surface area contributed by atoms with Crippen molar-refractivity contribution < 1.29 is 14.6 Å². The predicted molar refractivity (Wildman–Crippen MR) is 118 cm³/mol. The first-order chi connectivity index (χ1) is 14.0. The van der Waals surface area contributed by atoms with Crippen LogP contribution < -0.4 is 9.64 Å². The molecule has 3 aromatic rings. The standard InChI is InChI=1S/C23H17BrClNO3/c1-29-19-12-4-14(5-13-19)20-21(15-2-8-17(25)9-3-15)26(23(28)22(20)27)18-10-6-16(24)7-11-18/h2-13,21,27H,1H3. The zero-order chi connectivity index (χ0) is 20.5. The van der Waals surface area contributed by atoms with Crippen LogP contribution >= 0.6 is 27.5 Å². The highest BCUT2D eigenvalue weighted by Crippen LogP contribution is 2.45. The Kier molecular flexibility index (Phi) is 5.35. The molecule has 0 bridgehead atoms. The minimum atomic E-state index is -0.491. The van der Waals surface area contributed by atoms with Crippen LogP contribution in [0.3, 0.4) is 0 Å². The van der Waals surface area contributed by atoms with E-state index in [9.17, 15) is 9.90 Å². The maximum atomic E-state index is 13.1. The van der Waals surface area contributed by atoms with Crippen LogP contribution in [0.25, 0.3) is 5.57 Å².